The first-order chi connectivity index (χ1) is 7.63. The van der Waals surface area contributed by atoms with Gasteiger partial charge in [0.2, 0.25) is 0 Å². The van der Waals surface area contributed by atoms with Crippen LogP contribution in [0.5, 0.6) is 0 Å². The number of nitrogens with one attached hydrogen (secondary N) is 1. The third kappa shape index (κ3) is 4.33. The van der Waals surface area contributed by atoms with Crippen molar-refractivity contribution in [2.75, 3.05) is 6.54 Å². The van der Waals surface area contributed by atoms with E-state index < -0.39 is 0 Å². The molecular formula is C14H23NO. The molecule has 0 saturated carbocycles. The molecule has 2 nitrogen and oxygen atoms in total. The Hall–Kier alpha value is -0.860. The molecule has 0 radical (unpaired) electrons. The normalized spacial score (nSPS) is 13.1. The number of benzene rings is 1. The lowest BCUT2D eigenvalue weighted by molar-refractivity contribution is 0.281. The Kier molecular flexibility index (Phi) is 5.50. The Morgan fingerprint density at radius 3 is 2.62 bits per heavy atom. The summed E-state index contributed by atoms with van der Waals surface area (Å²) in [6.45, 7) is 7.79. The standard InChI is InChI=1S/C14H23NO/c1-11(2)7-8-15-12(3)14-6-4-5-13(9-14)10-16/h4-6,9,11-12,15-16H,7-8,10H2,1-3H3. The summed E-state index contributed by atoms with van der Waals surface area (Å²) >= 11 is 0. The first-order valence-electron chi connectivity index (χ1n) is 6.06. The molecule has 0 saturated heterocycles. The zero-order valence-electron chi connectivity index (χ0n) is 10.5. The predicted molar refractivity (Wildman–Crippen MR) is 68.2 cm³/mol. The Bertz CT molecular complexity index is 309. The van der Waals surface area contributed by atoms with E-state index in [4.69, 9.17) is 5.11 Å². The number of hydrogen-bond acceptors (Lipinski definition) is 2. The Morgan fingerprint density at radius 1 is 1.25 bits per heavy atom. The summed E-state index contributed by atoms with van der Waals surface area (Å²) in [5.41, 5.74) is 2.23. The molecule has 1 rings (SSSR count). The van der Waals surface area contributed by atoms with Crippen LogP contribution in [0.15, 0.2) is 24.3 Å². The SMILES string of the molecule is CC(C)CCNC(C)c1cccc(CO)c1. The highest BCUT2D eigenvalue weighted by Crippen LogP contribution is 2.14. The summed E-state index contributed by atoms with van der Waals surface area (Å²) in [5.74, 6) is 0.739. The van der Waals surface area contributed by atoms with Gasteiger partial charge in [-0.2, -0.15) is 0 Å². The van der Waals surface area contributed by atoms with Crippen molar-refractivity contribution in [3.05, 3.63) is 35.4 Å². The van der Waals surface area contributed by atoms with Crippen LogP contribution in [-0.4, -0.2) is 11.7 Å². The smallest absolute Gasteiger partial charge is 0.0681 e. The van der Waals surface area contributed by atoms with Gasteiger partial charge in [-0.15, -0.1) is 0 Å². The molecule has 1 unspecified atom stereocenters. The van der Waals surface area contributed by atoms with Crippen molar-refractivity contribution in [2.45, 2.75) is 39.8 Å². The summed E-state index contributed by atoms with van der Waals surface area (Å²) in [6.07, 6.45) is 1.20. The minimum atomic E-state index is 0.118. The molecule has 90 valence electrons. The number of aliphatic hydroxyl groups is 1. The van der Waals surface area contributed by atoms with Gasteiger partial charge in [-0.25, -0.2) is 0 Å². The molecular weight excluding hydrogens is 198 g/mol. The maximum atomic E-state index is 9.07. The van der Waals surface area contributed by atoms with E-state index in [0.29, 0.717) is 6.04 Å². The zero-order chi connectivity index (χ0) is 12.0. The van der Waals surface area contributed by atoms with E-state index in [-0.39, 0.29) is 6.61 Å². The number of aliphatic hydroxyl groups excluding tert-OH is 1. The maximum Gasteiger partial charge on any atom is 0.0681 e. The summed E-state index contributed by atoms with van der Waals surface area (Å²) in [4.78, 5) is 0. The summed E-state index contributed by atoms with van der Waals surface area (Å²) in [6, 6.07) is 8.47. The fraction of sp³-hybridized carbons (Fsp3) is 0.571. The average Bonchev–Trinajstić information content (AvgIpc) is 2.28. The lowest BCUT2D eigenvalue weighted by Gasteiger charge is -2.15. The predicted octanol–water partition coefficient (Wildman–Crippen LogP) is 2.88. The molecule has 0 bridgehead atoms. The largest absolute Gasteiger partial charge is 0.392 e. The van der Waals surface area contributed by atoms with Crippen LogP contribution in [0.25, 0.3) is 0 Å². The van der Waals surface area contributed by atoms with Crippen LogP contribution in [0.2, 0.25) is 0 Å². The average molecular weight is 221 g/mol. The quantitative estimate of drug-likeness (QED) is 0.774. The first-order valence-corrected chi connectivity index (χ1v) is 6.06. The molecule has 0 amide bonds. The second-order valence-electron chi connectivity index (χ2n) is 4.76. The molecule has 16 heavy (non-hydrogen) atoms. The fourth-order valence-electron chi connectivity index (χ4n) is 1.67. The summed E-state index contributed by atoms with van der Waals surface area (Å²) in [5, 5.41) is 12.6. The first kappa shape index (κ1) is 13.2. The Balaban J connectivity index is 2.48. The molecule has 0 heterocycles. The van der Waals surface area contributed by atoms with E-state index in [1.54, 1.807) is 0 Å². The molecule has 0 spiro atoms. The van der Waals surface area contributed by atoms with Crippen molar-refractivity contribution in [2.24, 2.45) is 5.92 Å². The van der Waals surface area contributed by atoms with E-state index in [9.17, 15) is 0 Å². The van der Waals surface area contributed by atoms with Crippen molar-refractivity contribution in [1.29, 1.82) is 0 Å². The van der Waals surface area contributed by atoms with Crippen molar-refractivity contribution in [3.63, 3.8) is 0 Å². The molecule has 0 aromatic heterocycles. The van der Waals surface area contributed by atoms with Crippen molar-refractivity contribution in [3.8, 4) is 0 Å². The Morgan fingerprint density at radius 2 is 2.00 bits per heavy atom. The van der Waals surface area contributed by atoms with Gasteiger partial charge in [0.25, 0.3) is 0 Å². The van der Waals surface area contributed by atoms with Crippen LogP contribution in [0.1, 0.15) is 44.4 Å². The van der Waals surface area contributed by atoms with Crippen molar-refractivity contribution >= 4 is 0 Å². The van der Waals surface area contributed by atoms with Crippen molar-refractivity contribution < 1.29 is 5.11 Å². The van der Waals surface area contributed by atoms with Gasteiger partial charge in [0, 0.05) is 6.04 Å². The minimum Gasteiger partial charge on any atom is -0.392 e. The van der Waals surface area contributed by atoms with Crippen LogP contribution in [0, 0.1) is 5.92 Å². The third-order valence-corrected chi connectivity index (χ3v) is 2.81. The summed E-state index contributed by atoms with van der Waals surface area (Å²) in [7, 11) is 0. The molecule has 1 aromatic carbocycles. The van der Waals surface area contributed by atoms with Gasteiger partial charge in [-0.3, -0.25) is 0 Å². The van der Waals surface area contributed by atoms with E-state index in [1.807, 2.05) is 12.1 Å². The fourth-order valence-corrected chi connectivity index (χ4v) is 1.67. The topological polar surface area (TPSA) is 32.3 Å². The molecule has 2 N–H and O–H groups in total. The van der Waals surface area contributed by atoms with E-state index >= 15 is 0 Å². The van der Waals surface area contributed by atoms with E-state index in [0.717, 1.165) is 18.0 Å². The van der Waals surface area contributed by atoms with Gasteiger partial charge in [-0.1, -0.05) is 38.1 Å². The highest BCUT2D eigenvalue weighted by atomic mass is 16.3. The molecule has 1 aromatic rings. The molecule has 0 aliphatic heterocycles. The molecule has 2 heteroatoms. The second kappa shape index (κ2) is 6.66. The van der Waals surface area contributed by atoms with Crippen LogP contribution < -0.4 is 5.32 Å². The zero-order valence-corrected chi connectivity index (χ0v) is 10.5. The third-order valence-electron chi connectivity index (χ3n) is 2.81. The van der Waals surface area contributed by atoms with E-state index in [2.05, 4.69) is 38.2 Å². The van der Waals surface area contributed by atoms with Crippen LogP contribution >= 0.6 is 0 Å². The van der Waals surface area contributed by atoms with Gasteiger partial charge in [0.1, 0.15) is 0 Å². The Labute approximate surface area is 98.7 Å². The van der Waals surface area contributed by atoms with Gasteiger partial charge in [0.05, 0.1) is 6.61 Å². The number of rotatable bonds is 6. The molecule has 0 aliphatic carbocycles. The molecule has 0 aliphatic rings. The number of hydrogen-bond donors (Lipinski definition) is 2. The van der Waals surface area contributed by atoms with Crippen LogP contribution in [-0.2, 0) is 6.61 Å². The van der Waals surface area contributed by atoms with Gasteiger partial charge < -0.3 is 10.4 Å². The van der Waals surface area contributed by atoms with E-state index in [1.165, 1.54) is 12.0 Å². The lowest BCUT2D eigenvalue weighted by Crippen LogP contribution is -2.21. The second-order valence-corrected chi connectivity index (χ2v) is 4.76. The van der Waals surface area contributed by atoms with Gasteiger partial charge in [-0.05, 0) is 36.9 Å². The van der Waals surface area contributed by atoms with Gasteiger partial charge >= 0.3 is 0 Å². The van der Waals surface area contributed by atoms with Crippen molar-refractivity contribution in [1.82, 2.24) is 5.32 Å². The van der Waals surface area contributed by atoms with Gasteiger partial charge in [0.15, 0.2) is 0 Å². The lowest BCUT2D eigenvalue weighted by atomic mass is 10.0. The minimum absolute atomic E-state index is 0.118. The molecule has 0 fully saturated rings. The highest BCUT2D eigenvalue weighted by Gasteiger charge is 2.05. The van der Waals surface area contributed by atoms with Crippen LogP contribution in [0.4, 0.5) is 0 Å². The molecule has 1 atom stereocenters. The maximum absolute atomic E-state index is 9.07. The van der Waals surface area contributed by atoms with Crippen LogP contribution in [0.3, 0.4) is 0 Å². The highest BCUT2D eigenvalue weighted by molar-refractivity contribution is 5.25. The monoisotopic (exact) mass is 221 g/mol. The summed E-state index contributed by atoms with van der Waals surface area (Å²) < 4.78 is 0.